The third-order valence-electron chi connectivity index (χ3n) is 5.52. The Morgan fingerprint density at radius 1 is 1.16 bits per heavy atom. The lowest BCUT2D eigenvalue weighted by atomic mass is 10.2. The van der Waals surface area contributed by atoms with E-state index in [-0.39, 0.29) is 35.5 Å². The molecule has 0 aliphatic carbocycles. The number of hydrogen-bond donors (Lipinski definition) is 1. The molecule has 8 nitrogen and oxygen atoms in total. The van der Waals surface area contributed by atoms with Crippen molar-refractivity contribution in [2.75, 3.05) is 46.9 Å². The second-order valence-corrected chi connectivity index (χ2v) is 7.50. The standard InChI is InChI=1S/C22H28FN7O.HI/c1-24-22(25-9-8-21-27-26-20-5-3-4-10-30(20)21)29-13-11-28(12-14-29)16-17-6-7-19(31-2)18(23)15-17;/h3-7,10,15H,8-9,11-14,16H2,1-2H3,(H,24,25);1H. The number of methoxy groups -OCH3 is 1. The van der Waals surface area contributed by atoms with Gasteiger partial charge in [0.15, 0.2) is 23.2 Å². The number of nitrogens with zero attached hydrogens (tertiary/aromatic N) is 6. The summed E-state index contributed by atoms with van der Waals surface area (Å²) in [6, 6.07) is 11.0. The van der Waals surface area contributed by atoms with E-state index in [0.29, 0.717) is 0 Å². The summed E-state index contributed by atoms with van der Waals surface area (Å²) in [7, 11) is 3.29. The summed E-state index contributed by atoms with van der Waals surface area (Å²) in [6.45, 7) is 4.97. The third-order valence-corrected chi connectivity index (χ3v) is 5.52. The molecule has 1 N–H and O–H groups in total. The van der Waals surface area contributed by atoms with Crippen LogP contribution in [0, 0.1) is 5.82 Å². The van der Waals surface area contributed by atoms with Crippen LogP contribution in [0.25, 0.3) is 5.65 Å². The van der Waals surface area contributed by atoms with Gasteiger partial charge in [-0.3, -0.25) is 14.3 Å². The summed E-state index contributed by atoms with van der Waals surface area (Å²) in [5, 5.41) is 11.9. The molecule has 0 atom stereocenters. The van der Waals surface area contributed by atoms with Crippen LogP contribution in [0.4, 0.5) is 4.39 Å². The van der Waals surface area contributed by atoms with Gasteiger partial charge < -0.3 is 15.0 Å². The molecule has 0 saturated carbocycles. The highest BCUT2D eigenvalue weighted by atomic mass is 127. The molecule has 2 aromatic heterocycles. The Balaban J connectivity index is 0.00000289. The minimum Gasteiger partial charge on any atom is -0.494 e. The van der Waals surface area contributed by atoms with Gasteiger partial charge in [0.05, 0.1) is 7.11 Å². The number of benzene rings is 1. The summed E-state index contributed by atoms with van der Waals surface area (Å²) >= 11 is 0. The number of ether oxygens (including phenoxy) is 1. The number of fused-ring (bicyclic) bond motifs is 1. The second kappa shape index (κ2) is 11.4. The van der Waals surface area contributed by atoms with Gasteiger partial charge in [0, 0.05) is 58.9 Å². The van der Waals surface area contributed by atoms with Crippen LogP contribution in [-0.2, 0) is 13.0 Å². The number of guanidine groups is 1. The van der Waals surface area contributed by atoms with Crippen LogP contribution < -0.4 is 10.1 Å². The number of rotatable bonds is 6. The lowest BCUT2D eigenvalue weighted by Crippen LogP contribution is -2.52. The molecule has 1 aliphatic heterocycles. The number of aromatic nitrogens is 3. The molecule has 3 heterocycles. The average Bonchev–Trinajstić information content (AvgIpc) is 3.21. The SMILES string of the molecule is CN=C(NCCc1nnc2ccccn12)N1CCN(Cc2ccc(OC)c(F)c2)CC1.I. The first-order valence-electron chi connectivity index (χ1n) is 10.5. The molecule has 1 aromatic carbocycles. The molecule has 1 fully saturated rings. The third kappa shape index (κ3) is 5.66. The number of halogens is 2. The maximum Gasteiger partial charge on any atom is 0.193 e. The van der Waals surface area contributed by atoms with E-state index < -0.39 is 0 Å². The van der Waals surface area contributed by atoms with Gasteiger partial charge in [0.1, 0.15) is 5.82 Å². The lowest BCUT2D eigenvalue weighted by molar-refractivity contribution is 0.172. The van der Waals surface area contributed by atoms with E-state index in [1.165, 1.54) is 7.11 Å². The Labute approximate surface area is 204 Å². The van der Waals surface area contributed by atoms with E-state index in [9.17, 15) is 4.39 Å². The van der Waals surface area contributed by atoms with Gasteiger partial charge in [-0.15, -0.1) is 34.2 Å². The van der Waals surface area contributed by atoms with Gasteiger partial charge in [0.25, 0.3) is 0 Å². The molecule has 3 aromatic rings. The minimum atomic E-state index is -0.316. The summed E-state index contributed by atoms with van der Waals surface area (Å²) in [4.78, 5) is 9.02. The fourth-order valence-electron chi connectivity index (χ4n) is 3.86. The van der Waals surface area contributed by atoms with Gasteiger partial charge in [-0.25, -0.2) is 4.39 Å². The number of aliphatic imine (C=N–C) groups is 1. The van der Waals surface area contributed by atoms with E-state index in [2.05, 4.69) is 30.3 Å². The van der Waals surface area contributed by atoms with Gasteiger partial charge in [-0.2, -0.15) is 0 Å². The highest BCUT2D eigenvalue weighted by molar-refractivity contribution is 14.0. The largest absolute Gasteiger partial charge is 0.494 e. The Kier molecular flexibility index (Phi) is 8.62. The Morgan fingerprint density at radius 2 is 1.97 bits per heavy atom. The van der Waals surface area contributed by atoms with Crippen molar-refractivity contribution in [1.29, 1.82) is 0 Å². The topological polar surface area (TPSA) is 70.3 Å². The van der Waals surface area contributed by atoms with Crippen molar-refractivity contribution in [2.24, 2.45) is 4.99 Å². The van der Waals surface area contributed by atoms with Crippen molar-refractivity contribution >= 4 is 35.6 Å². The summed E-state index contributed by atoms with van der Waals surface area (Å²) in [6.07, 6.45) is 2.74. The van der Waals surface area contributed by atoms with Crippen LogP contribution in [0.5, 0.6) is 5.75 Å². The van der Waals surface area contributed by atoms with E-state index in [0.717, 1.165) is 68.7 Å². The van der Waals surface area contributed by atoms with E-state index in [1.807, 2.05) is 34.9 Å². The molecule has 1 aliphatic rings. The zero-order valence-electron chi connectivity index (χ0n) is 18.4. The molecular weight excluding hydrogens is 524 g/mol. The summed E-state index contributed by atoms with van der Waals surface area (Å²) < 4.78 is 20.9. The summed E-state index contributed by atoms with van der Waals surface area (Å²) in [5.41, 5.74) is 1.81. The Bertz CT molecular complexity index is 1050. The monoisotopic (exact) mass is 553 g/mol. The molecule has 10 heteroatoms. The molecule has 0 amide bonds. The number of nitrogens with one attached hydrogen (secondary N) is 1. The van der Waals surface area contributed by atoms with Gasteiger partial charge in [-0.05, 0) is 29.8 Å². The van der Waals surface area contributed by atoms with E-state index in [4.69, 9.17) is 4.74 Å². The molecule has 0 radical (unpaired) electrons. The maximum atomic E-state index is 13.9. The fourth-order valence-corrected chi connectivity index (χ4v) is 3.86. The first kappa shape index (κ1) is 24.2. The normalized spacial score (nSPS) is 15.0. The average molecular weight is 553 g/mol. The van der Waals surface area contributed by atoms with Crippen molar-refractivity contribution in [1.82, 2.24) is 29.7 Å². The van der Waals surface area contributed by atoms with Crippen LogP contribution in [0.15, 0.2) is 47.6 Å². The molecule has 0 unspecified atom stereocenters. The smallest absolute Gasteiger partial charge is 0.193 e. The first-order valence-corrected chi connectivity index (χ1v) is 10.5. The predicted molar refractivity (Wildman–Crippen MR) is 133 cm³/mol. The van der Waals surface area contributed by atoms with Crippen molar-refractivity contribution in [3.63, 3.8) is 0 Å². The second-order valence-electron chi connectivity index (χ2n) is 7.50. The molecular formula is C22H29FIN7O. The van der Waals surface area contributed by atoms with E-state index >= 15 is 0 Å². The number of pyridine rings is 1. The predicted octanol–water partition coefficient (Wildman–Crippen LogP) is 2.43. The first-order chi connectivity index (χ1) is 15.2. The Morgan fingerprint density at radius 3 is 2.69 bits per heavy atom. The minimum absolute atomic E-state index is 0. The van der Waals surface area contributed by atoms with Crippen molar-refractivity contribution in [3.05, 3.63) is 59.8 Å². The highest BCUT2D eigenvalue weighted by Gasteiger charge is 2.20. The molecule has 0 bridgehead atoms. The van der Waals surface area contributed by atoms with Gasteiger partial charge in [-0.1, -0.05) is 12.1 Å². The molecule has 4 rings (SSSR count). The number of hydrogen-bond acceptors (Lipinski definition) is 5. The van der Waals surface area contributed by atoms with Crippen molar-refractivity contribution in [2.45, 2.75) is 13.0 Å². The van der Waals surface area contributed by atoms with Gasteiger partial charge >= 0.3 is 0 Å². The molecule has 0 spiro atoms. The quantitative estimate of drug-likeness (QED) is 0.288. The van der Waals surface area contributed by atoms with Crippen molar-refractivity contribution < 1.29 is 9.13 Å². The highest BCUT2D eigenvalue weighted by Crippen LogP contribution is 2.19. The zero-order chi connectivity index (χ0) is 21.6. The molecule has 172 valence electrons. The lowest BCUT2D eigenvalue weighted by Gasteiger charge is -2.36. The van der Waals surface area contributed by atoms with Crippen LogP contribution in [0.1, 0.15) is 11.4 Å². The Hall–Kier alpha value is -2.47. The molecule has 1 saturated heterocycles. The maximum absolute atomic E-state index is 13.9. The molecule has 32 heavy (non-hydrogen) atoms. The van der Waals surface area contributed by atoms with E-state index in [1.54, 1.807) is 19.2 Å². The van der Waals surface area contributed by atoms with Crippen LogP contribution in [-0.4, -0.2) is 77.2 Å². The van der Waals surface area contributed by atoms with Crippen LogP contribution in [0.3, 0.4) is 0 Å². The van der Waals surface area contributed by atoms with Gasteiger partial charge in [0.2, 0.25) is 0 Å². The van der Waals surface area contributed by atoms with Crippen molar-refractivity contribution in [3.8, 4) is 5.75 Å². The van der Waals surface area contributed by atoms with Crippen LogP contribution >= 0.6 is 24.0 Å². The summed E-state index contributed by atoms with van der Waals surface area (Å²) in [5.74, 6) is 1.78. The fraction of sp³-hybridized carbons (Fsp3) is 0.409. The number of piperazine rings is 1. The van der Waals surface area contributed by atoms with Crippen LogP contribution in [0.2, 0.25) is 0 Å². The zero-order valence-corrected chi connectivity index (χ0v) is 20.7.